The van der Waals surface area contributed by atoms with Crippen LogP contribution >= 0.6 is 0 Å². The minimum Gasteiger partial charge on any atom is -0.494 e. The first kappa shape index (κ1) is 21.1. The van der Waals surface area contributed by atoms with Gasteiger partial charge in [0, 0.05) is 7.05 Å². The molecule has 1 aromatic rings. The van der Waals surface area contributed by atoms with Gasteiger partial charge < -0.3 is 25.0 Å². The topological polar surface area (TPSA) is 99.2 Å². The number of hydrogen-bond donors (Lipinski definition) is 2. The standard InChI is InChI=1S/C21H29N3O5/c1-21(2,20(27)28)24-13-18(25)23(3)17-5-4-15(12-16(17)19(24)26)29-11-8-14-6-9-22-10-7-14/h4-5,12,14,22H,6-11,13H2,1-3H3,(H,27,28). The maximum absolute atomic E-state index is 13.2. The summed E-state index contributed by atoms with van der Waals surface area (Å²) in [6.45, 7) is 5.17. The fourth-order valence-electron chi connectivity index (χ4n) is 3.74. The van der Waals surface area contributed by atoms with E-state index in [-0.39, 0.29) is 18.0 Å². The van der Waals surface area contributed by atoms with Crippen LogP contribution in [-0.2, 0) is 9.59 Å². The van der Waals surface area contributed by atoms with Gasteiger partial charge in [-0.25, -0.2) is 4.79 Å². The Morgan fingerprint density at radius 3 is 2.62 bits per heavy atom. The van der Waals surface area contributed by atoms with Gasteiger partial charge in [-0.3, -0.25) is 9.59 Å². The largest absolute Gasteiger partial charge is 0.494 e. The average Bonchev–Trinajstić information content (AvgIpc) is 2.79. The molecule has 2 amide bonds. The predicted molar refractivity (Wildman–Crippen MR) is 108 cm³/mol. The first-order valence-electron chi connectivity index (χ1n) is 10.0. The molecule has 2 aliphatic heterocycles. The predicted octanol–water partition coefficient (Wildman–Crippen LogP) is 1.74. The lowest BCUT2D eigenvalue weighted by molar-refractivity contribution is -0.148. The highest BCUT2D eigenvalue weighted by Crippen LogP contribution is 2.31. The SMILES string of the molecule is CN1C(=O)CN(C(C)(C)C(=O)O)C(=O)c2cc(OCCC3CCNCC3)ccc21. The van der Waals surface area contributed by atoms with Gasteiger partial charge in [0.25, 0.3) is 5.91 Å². The Kier molecular flexibility index (Phi) is 6.12. The highest BCUT2D eigenvalue weighted by atomic mass is 16.5. The number of aliphatic carboxylic acids is 1. The summed E-state index contributed by atoms with van der Waals surface area (Å²) in [4.78, 5) is 39.9. The molecule has 0 saturated carbocycles. The summed E-state index contributed by atoms with van der Waals surface area (Å²) in [5.41, 5.74) is -0.789. The van der Waals surface area contributed by atoms with Crippen LogP contribution in [0.1, 0.15) is 43.5 Å². The number of carboxylic acids is 1. The third-order valence-electron chi connectivity index (χ3n) is 5.92. The van der Waals surface area contributed by atoms with Crippen LogP contribution in [-0.4, -0.2) is 66.6 Å². The first-order chi connectivity index (χ1) is 13.7. The third kappa shape index (κ3) is 4.37. The van der Waals surface area contributed by atoms with Crippen molar-refractivity contribution in [3.63, 3.8) is 0 Å². The number of likely N-dealkylation sites (N-methyl/N-ethyl adjacent to an activating group) is 1. The molecule has 0 unspecified atom stereocenters. The quantitative estimate of drug-likeness (QED) is 0.751. The minimum absolute atomic E-state index is 0.270. The Labute approximate surface area is 170 Å². The zero-order valence-electron chi connectivity index (χ0n) is 17.2. The lowest BCUT2D eigenvalue weighted by Crippen LogP contribution is -2.54. The molecule has 3 rings (SSSR count). The van der Waals surface area contributed by atoms with Crippen molar-refractivity contribution in [1.82, 2.24) is 10.2 Å². The highest BCUT2D eigenvalue weighted by Gasteiger charge is 2.42. The van der Waals surface area contributed by atoms with E-state index in [0.717, 1.165) is 37.3 Å². The molecule has 0 bridgehead atoms. The molecule has 8 nitrogen and oxygen atoms in total. The third-order valence-corrected chi connectivity index (χ3v) is 5.92. The molecule has 2 N–H and O–H groups in total. The number of carbonyl (C=O) groups is 3. The number of rotatable bonds is 6. The lowest BCUT2D eigenvalue weighted by Gasteiger charge is -2.33. The van der Waals surface area contributed by atoms with E-state index >= 15 is 0 Å². The van der Waals surface area contributed by atoms with Gasteiger partial charge in [0.15, 0.2) is 0 Å². The van der Waals surface area contributed by atoms with Crippen LogP contribution in [0, 0.1) is 5.92 Å². The molecule has 1 aromatic carbocycles. The second-order valence-corrected chi connectivity index (χ2v) is 8.22. The number of piperidine rings is 1. The van der Waals surface area contributed by atoms with Crippen molar-refractivity contribution in [2.24, 2.45) is 5.92 Å². The summed E-state index contributed by atoms with van der Waals surface area (Å²) in [7, 11) is 1.59. The number of anilines is 1. The summed E-state index contributed by atoms with van der Waals surface area (Å²) >= 11 is 0. The fraction of sp³-hybridized carbons (Fsp3) is 0.571. The van der Waals surface area contributed by atoms with E-state index in [2.05, 4.69) is 5.32 Å². The monoisotopic (exact) mass is 403 g/mol. The zero-order valence-corrected chi connectivity index (χ0v) is 17.2. The molecule has 2 heterocycles. The zero-order chi connectivity index (χ0) is 21.2. The fourth-order valence-corrected chi connectivity index (χ4v) is 3.74. The van der Waals surface area contributed by atoms with Crippen LogP contribution < -0.4 is 15.0 Å². The van der Waals surface area contributed by atoms with Gasteiger partial charge in [-0.05, 0) is 70.3 Å². The average molecular weight is 403 g/mol. The van der Waals surface area contributed by atoms with Crippen molar-refractivity contribution in [3.05, 3.63) is 23.8 Å². The molecule has 29 heavy (non-hydrogen) atoms. The van der Waals surface area contributed by atoms with E-state index in [9.17, 15) is 19.5 Å². The minimum atomic E-state index is -1.51. The molecule has 1 fully saturated rings. The number of fused-ring (bicyclic) bond motifs is 1. The van der Waals surface area contributed by atoms with Gasteiger partial charge in [-0.15, -0.1) is 0 Å². The maximum atomic E-state index is 13.2. The molecule has 2 aliphatic rings. The number of nitrogens with zero attached hydrogens (tertiary/aromatic N) is 2. The summed E-state index contributed by atoms with van der Waals surface area (Å²) in [5, 5.41) is 12.9. The summed E-state index contributed by atoms with van der Waals surface area (Å²) in [6.07, 6.45) is 3.22. The molecule has 0 aliphatic carbocycles. The normalized spacial score (nSPS) is 18.4. The molecule has 0 radical (unpaired) electrons. The summed E-state index contributed by atoms with van der Waals surface area (Å²) in [5.74, 6) is -0.824. The van der Waals surface area contributed by atoms with Gasteiger partial charge >= 0.3 is 5.97 Å². The molecule has 0 spiro atoms. The second kappa shape index (κ2) is 8.41. The summed E-state index contributed by atoms with van der Waals surface area (Å²) in [6, 6.07) is 5.04. The van der Waals surface area contributed by atoms with Crippen molar-refractivity contribution in [3.8, 4) is 5.75 Å². The van der Waals surface area contributed by atoms with Crippen LogP contribution in [0.4, 0.5) is 5.69 Å². The number of benzene rings is 1. The lowest BCUT2D eigenvalue weighted by atomic mass is 9.95. The van der Waals surface area contributed by atoms with Crippen molar-refractivity contribution in [1.29, 1.82) is 0 Å². The smallest absolute Gasteiger partial charge is 0.329 e. The van der Waals surface area contributed by atoms with Crippen molar-refractivity contribution in [2.75, 3.05) is 38.2 Å². The number of ether oxygens (including phenoxy) is 1. The number of amides is 2. The van der Waals surface area contributed by atoms with Gasteiger partial charge in [0.05, 0.1) is 17.9 Å². The van der Waals surface area contributed by atoms with Crippen LogP contribution in [0.25, 0.3) is 0 Å². The Balaban J connectivity index is 1.81. The Bertz CT molecular complexity index is 802. The number of nitrogens with one attached hydrogen (secondary N) is 1. The molecule has 0 aromatic heterocycles. The van der Waals surface area contributed by atoms with E-state index in [1.807, 2.05) is 0 Å². The number of carbonyl (C=O) groups excluding carboxylic acids is 2. The molecular weight excluding hydrogens is 374 g/mol. The molecule has 158 valence electrons. The number of carboxylic acid groups (broad SMARTS) is 1. The van der Waals surface area contributed by atoms with E-state index in [0.29, 0.717) is 24.0 Å². The first-order valence-corrected chi connectivity index (χ1v) is 10.0. The molecular formula is C21H29N3O5. The highest BCUT2D eigenvalue weighted by molar-refractivity contribution is 6.11. The van der Waals surface area contributed by atoms with Gasteiger partial charge in [-0.2, -0.15) is 0 Å². The van der Waals surface area contributed by atoms with E-state index in [4.69, 9.17) is 4.74 Å². The second-order valence-electron chi connectivity index (χ2n) is 8.22. The van der Waals surface area contributed by atoms with Crippen LogP contribution in [0.2, 0.25) is 0 Å². The molecule has 8 heteroatoms. The molecule has 1 saturated heterocycles. The Hall–Kier alpha value is -2.61. The van der Waals surface area contributed by atoms with Crippen LogP contribution in [0.3, 0.4) is 0 Å². The van der Waals surface area contributed by atoms with Crippen molar-refractivity contribution in [2.45, 2.75) is 38.6 Å². The van der Waals surface area contributed by atoms with Gasteiger partial charge in [-0.1, -0.05) is 0 Å². The Morgan fingerprint density at radius 1 is 1.28 bits per heavy atom. The molecule has 0 atom stereocenters. The Morgan fingerprint density at radius 2 is 1.97 bits per heavy atom. The van der Waals surface area contributed by atoms with E-state index in [1.54, 1.807) is 25.2 Å². The van der Waals surface area contributed by atoms with E-state index in [1.165, 1.54) is 18.7 Å². The van der Waals surface area contributed by atoms with Crippen molar-refractivity contribution >= 4 is 23.5 Å². The number of hydrogen-bond acceptors (Lipinski definition) is 5. The van der Waals surface area contributed by atoms with Crippen LogP contribution in [0.15, 0.2) is 18.2 Å². The van der Waals surface area contributed by atoms with Crippen LogP contribution in [0.5, 0.6) is 5.75 Å². The van der Waals surface area contributed by atoms with Crippen molar-refractivity contribution < 1.29 is 24.2 Å². The van der Waals surface area contributed by atoms with E-state index < -0.39 is 17.4 Å². The maximum Gasteiger partial charge on any atom is 0.329 e. The summed E-state index contributed by atoms with van der Waals surface area (Å²) < 4.78 is 5.88. The van der Waals surface area contributed by atoms with Gasteiger partial charge in [0.1, 0.15) is 17.8 Å². The van der Waals surface area contributed by atoms with Gasteiger partial charge in [0.2, 0.25) is 5.91 Å².